The Balaban J connectivity index is 2.21. The van der Waals surface area contributed by atoms with Crippen LogP contribution in [0.15, 0.2) is 16.5 Å². The van der Waals surface area contributed by atoms with E-state index in [1.165, 1.54) is 7.11 Å². The lowest BCUT2D eigenvalue weighted by Gasteiger charge is -2.35. The lowest BCUT2D eigenvalue weighted by Crippen LogP contribution is -2.42. The highest BCUT2D eigenvalue weighted by Gasteiger charge is 2.37. The first kappa shape index (κ1) is 9.27. The van der Waals surface area contributed by atoms with Gasteiger partial charge in [0.15, 0.2) is 0 Å². The van der Waals surface area contributed by atoms with Gasteiger partial charge in [0, 0.05) is 0 Å². The van der Waals surface area contributed by atoms with Gasteiger partial charge in [0.1, 0.15) is 5.76 Å². The molecule has 2 N–H and O–H groups in total. The van der Waals surface area contributed by atoms with E-state index >= 15 is 0 Å². The third-order valence-electron chi connectivity index (χ3n) is 2.73. The van der Waals surface area contributed by atoms with Crippen molar-refractivity contribution in [2.24, 2.45) is 5.73 Å². The minimum Gasteiger partial charge on any atom is -0.463 e. The van der Waals surface area contributed by atoms with Crippen LogP contribution in [-0.4, -0.2) is 13.1 Å². The Morgan fingerprint density at radius 1 is 1.57 bits per heavy atom. The first-order chi connectivity index (χ1) is 6.65. The smallest absolute Gasteiger partial charge is 0.373 e. The molecule has 0 spiro atoms. The topological polar surface area (TPSA) is 65.5 Å². The van der Waals surface area contributed by atoms with E-state index < -0.39 is 5.97 Å². The quantitative estimate of drug-likeness (QED) is 0.724. The van der Waals surface area contributed by atoms with Crippen LogP contribution in [0.1, 0.15) is 35.6 Å². The number of furan rings is 1. The zero-order valence-corrected chi connectivity index (χ0v) is 8.08. The van der Waals surface area contributed by atoms with Gasteiger partial charge >= 0.3 is 5.97 Å². The highest BCUT2D eigenvalue weighted by Crippen LogP contribution is 2.39. The summed E-state index contributed by atoms with van der Waals surface area (Å²) in [6, 6.07) is 3.36. The number of nitrogens with two attached hydrogens (primary N) is 1. The molecule has 76 valence electrons. The second-order valence-corrected chi connectivity index (χ2v) is 3.67. The first-order valence-corrected chi connectivity index (χ1v) is 4.63. The molecule has 1 fully saturated rings. The number of ether oxygens (including phenoxy) is 1. The van der Waals surface area contributed by atoms with Gasteiger partial charge in [0.2, 0.25) is 5.76 Å². The Morgan fingerprint density at radius 3 is 2.79 bits per heavy atom. The van der Waals surface area contributed by atoms with Crippen LogP contribution in [0.3, 0.4) is 0 Å². The van der Waals surface area contributed by atoms with Gasteiger partial charge in [0.25, 0.3) is 0 Å². The monoisotopic (exact) mass is 195 g/mol. The van der Waals surface area contributed by atoms with Gasteiger partial charge in [-0.1, -0.05) is 0 Å². The summed E-state index contributed by atoms with van der Waals surface area (Å²) in [6.07, 6.45) is 2.95. The van der Waals surface area contributed by atoms with Gasteiger partial charge in [-0.3, -0.25) is 0 Å². The summed E-state index contributed by atoms with van der Waals surface area (Å²) >= 11 is 0. The summed E-state index contributed by atoms with van der Waals surface area (Å²) in [7, 11) is 1.33. The van der Waals surface area contributed by atoms with Crippen molar-refractivity contribution in [3.63, 3.8) is 0 Å². The molecular formula is C10H13NO3. The Labute approximate surface area is 82.0 Å². The van der Waals surface area contributed by atoms with Crippen molar-refractivity contribution in [3.05, 3.63) is 23.7 Å². The van der Waals surface area contributed by atoms with E-state index in [0.29, 0.717) is 5.76 Å². The lowest BCUT2D eigenvalue weighted by atomic mass is 9.76. The van der Waals surface area contributed by atoms with Crippen molar-refractivity contribution in [1.82, 2.24) is 0 Å². The summed E-state index contributed by atoms with van der Waals surface area (Å²) < 4.78 is 9.88. The Bertz CT molecular complexity index is 352. The average molecular weight is 195 g/mol. The summed E-state index contributed by atoms with van der Waals surface area (Å²) in [5, 5.41) is 0. The summed E-state index contributed by atoms with van der Waals surface area (Å²) in [5.74, 6) is 0.447. The van der Waals surface area contributed by atoms with Crippen LogP contribution < -0.4 is 5.73 Å². The molecule has 4 nitrogen and oxygen atoms in total. The molecule has 0 bridgehead atoms. The second-order valence-electron chi connectivity index (χ2n) is 3.67. The molecule has 1 aromatic heterocycles. The normalized spacial score (nSPS) is 18.7. The Hall–Kier alpha value is -1.29. The highest BCUT2D eigenvalue weighted by molar-refractivity contribution is 5.86. The molecule has 1 heterocycles. The predicted molar refractivity (Wildman–Crippen MR) is 49.8 cm³/mol. The molecule has 0 atom stereocenters. The van der Waals surface area contributed by atoms with Crippen molar-refractivity contribution in [3.8, 4) is 0 Å². The molecule has 14 heavy (non-hydrogen) atoms. The van der Waals surface area contributed by atoms with Gasteiger partial charge in [-0.25, -0.2) is 4.79 Å². The van der Waals surface area contributed by atoms with E-state index in [0.717, 1.165) is 19.3 Å². The number of carbonyl (C=O) groups is 1. The van der Waals surface area contributed by atoms with E-state index in [1.807, 2.05) is 0 Å². The molecular weight excluding hydrogens is 182 g/mol. The SMILES string of the molecule is COC(=O)c1ccc(C2(N)CCC2)o1. The van der Waals surface area contributed by atoms with E-state index in [4.69, 9.17) is 10.2 Å². The molecule has 2 rings (SSSR count). The van der Waals surface area contributed by atoms with Crippen LogP contribution in [-0.2, 0) is 10.3 Å². The van der Waals surface area contributed by atoms with E-state index in [2.05, 4.69) is 4.74 Å². The third-order valence-corrected chi connectivity index (χ3v) is 2.73. The van der Waals surface area contributed by atoms with Crippen molar-refractivity contribution >= 4 is 5.97 Å². The third kappa shape index (κ3) is 1.32. The fraction of sp³-hybridized carbons (Fsp3) is 0.500. The number of rotatable bonds is 2. The number of esters is 1. The summed E-state index contributed by atoms with van der Waals surface area (Å²) in [6.45, 7) is 0. The average Bonchev–Trinajstić information content (AvgIpc) is 2.62. The molecule has 0 radical (unpaired) electrons. The summed E-state index contributed by atoms with van der Waals surface area (Å²) in [5.41, 5.74) is 5.68. The van der Waals surface area contributed by atoms with Crippen molar-refractivity contribution in [2.45, 2.75) is 24.8 Å². The zero-order valence-electron chi connectivity index (χ0n) is 8.08. The maximum Gasteiger partial charge on any atom is 0.373 e. The fourth-order valence-electron chi connectivity index (χ4n) is 1.62. The standard InChI is InChI=1S/C10H13NO3/c1-13-9(12)7-3-4-8(14-7)10(11)5-2-6-10/h3-4H,2,5-6,11H2,1H3. The van der Waals surface area contributed by atoms with Crippen molar-refractivity contribution in [2.75, 3.05) is 7.11 Å². The van der Waals surface area contributed by atoms with E-state index in [-0.39, 0.29) is 11.3 Å². The van der Waals surface area contributed by atoms with Crippen LogP contribution in [0, 0.1) is 0 Å². The minimum atomic E-state index is -0.459. The van der Waals surface area contributed by atoms with E-state index in [1.54, 1.807) is 12.1 Å². The van der Waals surface area contributed by atoms with Crippen molar-refractivity contribution < 1.29 is 13.9 Å². The molecule has 4 heteroatoms. The van der Waals surface area contributed by atoms with Crippen LogP contribution in [0.2, 0.25) is 0 Å². The number of carbonyl (C=O) groups excluding carboxylic acids is 1. The largest absolute Gasteiger partial charge is 0.463 e. The fourth-order valence-corrected chi connectivity index (χ4v) is 1.62. The van der Waals surface area contributed by atoms with Crippen LogP contribution in [0.4, 0.5) is 0 Å². The lowest BCUT2D eigenvalue weighted by molar-refractivity contribution is 0.0557. The number of hydrogen-bond donors (Lipinski definition) is 1. The molecule has 1 saturated carbocycles. The molecule has 1 aliphatic carbocycles. The number of methoxy groups -OCH3 is 1. The van der Waals surface area contributed by atoms with Gasteiger partial charge < -0.3 is 14.9 Å². The molecule has 0 amide bonds. The Morgan fingerprint density at radius 2 is 2.29 bits per heavy atom. The highest BCUT2D eigenvalue weighted by atomic mass is 16.5. The van der Waals surface area contributed by atoms with Gasteiger partial charge in [-0.05, 0) is 31.4 Å². The minimum absolute atomic E-state index is 0.222. The maximum atomic E-state index is 11.1. The maximum absolute atomic E-state index is 11.1. The number of hydrogen-bond acceptors (Lipinski definition) is 4. The first-order valence-electron chi connectivity index (χ1n) is 4.63. The summed E-state index contributed by atoms with van der Waals surface area (Å²) in [4.78, 5) is 11.1. The van der Waals surface area contributed by atoms with Crippen LogP contribution in [0.25, 0.3) is 0 Å². The van der Waals surface area contributed by atoms with Gasteiger partial charge in [-0.2, -0.15) is 0 Å². The van der Waals surface area contributed by atoms with E-state index in [9.17, 15) is 4.79 Å². The van der Waals surface area contributed by atoms with Crippen LogP contribution in [0.5, 0.6) is 0 Å². The van der Waals surface area contributed by atoms with Crippen molar-refractivity contribution in [1.29, 1.82) is 0 Å². The van der Waals surface area contributed by atoms with Crippen LogP contribution >= 0.6 is 0 Å². The molecule has 1 aromatic rings. The molecule has 0 saturated heterocycles. The van der Waals surface area contributed by atoms with Gasteiger partial charge in [-0.15, -0.1) is 0 Å². The zero-order chi connectivity index (χ0) is 10.2. The van der Waals surface area contributed by atoms with Gasteiger partial charge in [0.05, 0.1) is 12.6 Å². The molecule has 0 aromatic carbocycles. The second kappa shape index (κ2) is 3.13. The molecule has 0 unspecified atom stereocenters. The Kier molecular flexibility index (Phi) is 2.07. The predicted octanol–water partition coefficient (Wildman–Crippen LogP) is 1.40. The molecule has 0 aliphatic heterocycles. The molecule has 1 aliphatic rings.